The van der Waals surface area contributed by atoms with Crippen molar-refractivity contribution in [2.75, 3.05) is 6.54 Å². The number of amides is 3. The van der Waals surface area contributed by atoms with Gasteiger partial charge in [-0.05, 0) is 43.0 Å². The highest BCUT2D eigenvalue weighted by molar-refractivity contribution is 6.05. The van der Waals surface area contributed by atoms with Crippen LogP contribution in [-0.4, -0.2) is 78.6 Å². The van der Waals surface area contributed by atoms with Crippen LogP contribution < -0.4 is 11.1 Å². The van der Waals surface area contributed by atoms with E-state index < -0.39 is 42.1 Å². The van der Waals surface area contributed by atoms with Crippen molar-refractivity contribution in [1.82, 2.24) is 30.2 Å². The number of hydrogen-bond acceptors (Lipinski definition) is 7. The Morgan fingerprint density at radius 2 is 2.00 bits per heavy atom. The Balaban J connectivity index is 1.39. The molecule has 1 aromatic carbocycles. The van der Waals surface area contributed by atoms with Crippen LogP contribution in [0.15, 0.2) is 36.7 Å². The van der Waals surface area contributed by atoms with Crippen molar-refractivity contribution in [3.63, 3.8) is 0 Å². The number of nitrogens with two attached hydrogens (primary N) is 1. The van der Waals surface area contributed by atoms with Crippen molar-refractivity contribution in [1.29, 1.82) is 0 Å². The van der Waals surface area contributed by atoms with Gasteiger partial charge in [-0.15, -0.1) is 0 Å². The lowest BCUT2D eigenvalue weighted by molar-refractivity contribution is -0.139. The Bertz CT molecular complexity index is 1310. The number of nitrogens with one attached hydrogen (secondary N) is 1. The molecule has 0 spiro atoms. The molecule has 3 heterocycles. The number of halogens is 1. The van der Waals surface area contributed by atoms with Crippen molar-refractivity contribution < 1.29 is 23.9 Å². The van der Waals surface area contributed by atoms with Crippen LogP contribution in [0.5, 0.6) is 0 Å². The summed E-state index contributed by atoms with van der Waals surface area (Å²) >= 11 is 0. The number of fused-ring (bicyclic) bond motifs is 1. The van der Waals surface area contributed by atoms with Gasteiger partial charge in [-0.2, -0.15) is 15.3 Å². The zero-order valence-electron chi connectivity index (χ0n) is 19.4. The third-order valence-electron chi connectivity index (χ3n) is 6.87. The Morgan fingerprint density at radius 1 is 1.17 bits per heavy atom. The smallest absolute Gasteiger partial charge is 0.269 e. The number of benzene rings is 1. The van der Waals surface area contributed by atoms with E-state index in [-0.39, 0.29) is 25.2 Å². The maximum atomic E-state index is 14.3. The first-order valence-electron chi connectivity index (χ1n) is 11.8. The quantitative estimate of drug-likeness (QED) is 0.451. The number of rotatable bonds is 6. The predicted molar refractivity (Wildman–Crippen MR) is 126 cm³/mol. The van der Waals surface area contributed by atoms with Gasteiger partial charge in [-0.25, -0.2) is 4.39 Å². The maximum absolute atomic E-state index is 14.3. The summed E-state index contributed by atoms with van der Waals surface area (Å²) in [5, 5.41) is 25.1. The van der Waals surface area contributed by atoms with Crippen molar-refractivity contribution in [2.45, 2.75) is 56.6 Å². The average Bonchev–Trinajstić information content (AvgIpc) is 3.56. The van der Waals surface area contributed by atoms with Gasteiger partial charge in [0.1, 0.15) is 18.8 Å². The van der Waals surface area contributed by atoms with Gasteiger partial charge in [0.15, 0.2) is 5.69 Å². The van der Waals surface area contributed by atoms with Crippen LogP contribution in [0.3, 0.4) is 0 Å². The molecule has 11 nitrogen and oxygen atoms in total. The first-order valence-corrected chi connectivity index (χ1v) is 11.8. The van der Waals surface area contributed by atoms with Gasteiger partial charge in [-0.3, -0.25) is 19.1 Å². The molecule has 1 saturated heterocycles. The van der Waals surface area contributed by atoms with Crippen LogP contribution in [0, 0.1) is 0 Å². The van der Waals surface area contributed by atoms with Gasteiger partial charge < -0.3 is 21.1 Å². The maximum Gasteiger partial charge on any atom is 0.269 e. The molecule has 1 aliphatic heterocycles. The van der Waals surface area contributed by atoms with Crippen LogP contribution >= 0.6 is 0 Å². The minimum Gasteiger partial charge on any atom is -0.391 e. The van der Waals surface area contributed by atoms with Crippen LogP contribution in [0.2, 0.25) is 0 Å². The monoisotopic (exact) mass is 495 g/mol. The van der Waals surface area contributed by atoms with Crippen molar-refractivity contribution in [3.8, 4) is 11.1 Å². The second-order valence-electron chi connectivity index (χ2n) is 9.24. The molecule has 5 rings (SSSR count). The van der Waals surface area contributed by atoms with Crippen molar-refractivity contribution in [2.24, 2.45) is 5.73 Å². The number of carbonyl (C=O) groups excluding carboxylic acids is 3. The van der Waals surface area contributed by atoms with Crippen LogP contribution in [0.25, 0.3) is 22.0 Å². The summed E-state index contributed by atoms with van der Waals surface area (Å²) in [6, 6.07) is 5.63. The van der Waals surface area contributed by atoms with E-state index in [2.05, 4.69) is 20.6 Å². The summed E-state index contributed by atoms with van der Waals surface area (Å²) < 4.78 is 15.7. The highest BCUT2D eigenvalue weighted by Crippen LogP contribution is 2.28. The molecule has 3 aromatic rings. The normalized spacial score (nSPS) is 23.8. The number of primary amides is 1. The number of hydrogen-bond donors (Lipinski definition) is 3. The van der Waals surface area contributed by atoms with Crippen LogP contribution in [0.1, 0.15) is 36.2 Å². The Morgan fingerprint density at radius 3 is 2.69 bits per heavy atom. The van der Waals surface area contributed by atoms with E-state index in [0.717, 1.165) is 17.5 Å². The largest absolute Gasteiger partial charge is 0.391 e. The van der Waals surface area contributed by atoms with Crippen LogP contribution in [0.4, 0.5) is 4.39 Å². The number of likely N-dealkylation sites (tertiary alicyclic amines) is 1. The molecule has 0 radical (unpaired) electrons. The molecule has 3 amide bonds. The summed E-state index contributed by atoms with van der Waals surface area (Å²) in [5.41, 5.74) is 7.58. The third kappa shape index (κ3) is 4.51. The molecule has 36 heavy (non-hydrogen) atoms. The zero-order chi connectivity index (χ0) is 25.4. The lowest BCUT2D eigenvalue weighted by Gasteiger charge is -2.26. The minimum atomic E-state index is -1.34. The first-order chi connectivity index (χ1) is 17.3. The van der Waals surface area contributed by atoms with E-state index >= 15 is 0 Å². The van der Waals surface area contributed by atoms with E-state index in [1.165, 1.54) is 9.58 Å². The van der Waals surface area contributed by atoms with E-state index in [4.69, 9.17) is 5.73 Å². The molecule has 1 saturated carbocycles. The molecular weight excluding hydrogens is 469 g/mol. The highest BCUT2D eigenvalue weighted by Gasteiger charge is 2.41. The molecule has 2 aliphatic rings. The fourth-order valence-electron chi connectivity index (χ4n) is 5.04. The molecular formula is C24H26FN7O4. The number of nitrogens with zero attached hydrogens (tertiary/aromatic N) is 5. The minimum absolute atomic E-state index is 0.00373. The predicted octanol–water partition coefficient (Wildman–Crippen LogP) is 0.561. The Kier molecular flexibility index (Phi) is 6.35. The van der Waals surface area contributed by atoms with E-state index in [1.54, 1.807) is 36.7 Å². The second kappa shape index (κ2) is 9.61. The van der Waals surface area contributed by atoms with Crippen LogP contribution in [-0.2, 0) is 16.1 Å². The number of aliphatic hydroxyl groups is 1. The van der Waals surface area contributed by atoms with Gasteiger partial charge in [0, 0.05) is 17.4 Å². The van der Waals surface area contributed by atoms with E-state index in [9.17, 15) is 23.9 Å². The molecule has 2 fully saturated rings. The molecule has 4 atom stereocenters. The molecule has 2 unspecified atom stereocenters. The molecule has 4 N–H and O–H groups in total. The number of aromatic nitrogens is 4. The number of aliphatic hydroxyl groups excluding tert-OH is 1. The molecule has 2 aromatic heterocycles. The number of alkyl halides is 1. The Labute approximate surface area is 205 Å². The summed E-state index contributed by atoms with van der Waals surface area (Å²) in [6.45, 7) is -0.520. The highest BCUT2D eigenvalue weighted by atomic mass is 19.1. The van der Waals surface area contributed by atoms with Gasteiger partial charge in [0.05, 0.1) is 36.6 Å². The standard InChI is InChI=1S/C24H26FN7O4/c25-15-9-19(24(36)29-17-2-1-3-20(17)33)31(11-15)21(34)12-32-18-5-4-13(14-6-7-27-28-10-14)8-16(18)22(30-32)23(26)35/h4-8,10,15,17,19-20,33H,1-3,9,11-12H2,(H2,26,35)(H,29,36)/t15-,17?,19+,20?/m1/s1. The fourth-order valence-corrected chi connectivity index (χ4v) is 5.04. The third-order valence-corrected chi connectivity index (χ3v) is 6.87. The van der Waals surface area contributed by atoms with Gasteiger partial charge in [-0.1, -0.05) is 6.07 Å². The first kappa shape index (κ1) is 23.8. The molecule has 12 heteroatoms. The lowest BCUT2D eigenvalue weighted by atomic mass is 10.0. The van der Waals surface area contributed by atoms with E-state index in [1.807, 2.05) is 0 Å². The zero-order valence-corrected chi connectivity index (χ0v) is 19.4. The SMILES string of the molecule is NC(=O)c1nn(CC(=O)N2C[C@H](F)C[C@H]2C(=O)NC2CCCC2O)c2ccc(-c3ccnnc3)cc12. The van der Waals surface area contributed by atoms with Crippen molar-refractivity contribution >= 4 is 28.6 Å². The molecule has 1 aliphatic carbocycles. The van der Waals surface area contributed by atoms with Crippen molar-refractivity contribution in [3.05, 3.63) is 42.4 Å². The second-order valence-corrected chi connectivity index (χ2v) is 9.24. The average molecular weight is 496 g/mol. The van der Waals surface area contributed by atoms with Gasteiger partial charge in [0.25, 0.3) is 5.91 Å². The Hall–Kier alpha value is -3.93. The molecule has 188 valence electrons. The summed E-state index contributed by atoms with van der Waals surface area (Å²) in [4.78, 5) is 39.4. The van der Waals surface area contributed by atoms with Gasteiger partial charge >= 0.3 is 0 Å². The lowest BCUT2D eigenvalue weighted by Crippen LogP contribution is -2.51. The van der Waals surface area contributed by atoms with E-state index in [0.29, 0.717) is 23.7 Å². The summed E-state index contributed by atoms with van der Waals surface area (Å²) in [6.07, 6.45) is 3.05. The molecule has 0 bridgehead atoms. The summed E-state index contributed by atoms with van der Waals surface area (Å²) in [7, 11) is 0. The van der Waals surface area contributed by atoms with Gasteiger partial charge in [0.2, 0.25) is 11.8 Å². The summed E-state index contributed by atoms with van der Waals surface area (Å²) in [5.74, 6) is -1.74. The fraction of sp³-hybridized carbons (Fsp3) is 0.417. The number of carbonyl (C=O) groups is 3. The topological polar surface area (TPSA) is 156 Å².